The fourth-order valence-electron chi connectivity index (χ4n) is 3.37. The number of benzene rings is 1. The summed E-state index contributed by atoms with van der Waals surface area (Å²) in [6, 6.07) is 6.92. The second-order valence-corrected chi connectivity index (χ2v) is 9.22. The number of piperidine rings is 1. The molecule has 1 aromatic carbocycles. The van der Waals surface area contributed by atoms with E-state index in [1.807, 2.05) is 0 Å². The van der Waals surface area contributed by atoms with Crippen molar-refractivity contribution in [3.05, 3.63) is 47.4 Å². The Bertz CT molecular complexity index is 828. The van der Waals surface area contributed by atoms with Crippen molar-refractivity contribution < 1.29 is 31.5 Å². The molecule has 2 amide bonds. The average molecular weight is 434 g/mol. The average Bonchev–Trinajstić information content (AvgIpc) is 2.64. The SMILES string of the molecule is CC(/C=C/S(C)(=O)=O)NC(=O)N1CC[C@H]([C@@H](O)C(F)(F)F)C[C@@H]1c1ccccc1. The summed E-state index contributed by atoms with van der Waals surface area (Å²) in [5.74, 6) is -1.02. The molecule has 0 saturated carbocycles. The number of nitrogens with zero attached hydrogens (tertiary/aromatic N) is 1. The summed E-state index contributed by atoms with van der Waals surface area (Å²) in [6.45, 7) is 1.63. The van der Waals surface area contributed by atoms with Gasteiger partial charge in [-0.2, -0.15) is 13.2 Å². The van der Waals surface area contributed by atoms with E-state index in [0.717, 1.165) is 11.7 Å². The van der Waals surface area contributed by atoms with E-state index in [0.29, 0.717) is 5.56 Å². The quantitative estimate of drug-likeness (QED) is 0.746. The lowest BCUT2D eigenvalue weighted by molar-refractivity contribution is -0.224. The topological polar surface area (TPSA) is 86.7 Å². The van der Waals surface area contributed by atoms with E-state index in [1.54, 1.807) is 37.3 Å². The van der Waals surface area contributed by atoms with Crippen LogP contribution in [0.2, 0.25) is 0 Å². The molecule has 2 N–H and O–H groups in total. The molecule has 1 aliphatic rings. The van der Waals surface area contributed by atoms with Crippen LogP contribution in [0.1, 0.15) is 31.4 Å². The predicted molar refractivity (Wildman–Crippen MR) is 103 cm³/mol. The molecule has 0 bridgehead atoms. The number of carbonyl (C=O) groups is 1. The lowest BCUT2D eigenvalue weighted by Gasteiger charge is -2.41. The zero-order valence-electron chi connectivity index (χ0n) is 16.1. The molecule has 0 aliphatic carbocycles. The Morgan fingerprint density at radius 2 is 1.93 bits per heavy atom. The van der Waals surface area contributed by atoms with E-state index < -0.39 is 46.2 Å². The van der Waals surface area contributed by atoms with Crippen LogP contribution in [0, 0.1) is 5.92 Å². The fraction of sp³-hybridized carbons (Fsp3) is 0.526. The Kier molecular flexibility index (Phi) is 7.34. The summed E-state index contributed by atoms with van der Waals surface area (Å²) in [5.41, 5.74) is 0.668. The van der Waals surface area contributed by atoms with E-state index >= 15 is 0 Å². The second-order valence-electron chi connectivity index (χ2n) is 7.29. The molecule has 1 aromatic rings. The van der Waals surface area contributed by atoms with Crippen LogP contribution in [0.25, 0.3) is 0 Å². The first kappa shape index (κ1) is 23.2. The van der Waals surface area contributed by atoms with Crippen LogP contribution >= 0.6 is 0 Å². The highest BCUT2D eigenvalue weighted by Gasteiger charge is 2.46. The standard InChI is InChI=1S/C19H25F3N2O4S/c1-13(9-11-29(2,27)28)23-18(26)24-10-8-15(17(25)19(20,21)22)12-16(24)14-6-4-3-5-7-14/h3-7,9,11,13,15-17,25H,8,10,12H2,1-2H3,(H,23,26)/b11-9+/t13?,15-,16+,17+/m0/s1. The second kappa shape index (κ2) is 9.17. The molecule has 4 atom stereocenters. The number of hydrogen-bond donors (Lipinski definition) is 2. The first-order valence-corrected chi connectivity index (χ1v) is 11.1. The molecule has 0 radical (unpaired) electrons. The normalized spacial score (nSPS) is 23.0. The number of amides is 2. The van der Waals surface area contributed by atoms with Crippen LogP contribution in [0.5, 0.6) is 0 Å². The summed E-state index contributed by atoms with van der Waals surface area (Å²) in [4.78, 5) is 14.2. The Morgan fingerprint density at radius 3 is 2.48 bits per heavy atom. The van der Waals surface area contributed by atoms with Crippen molar-refractivity contribution in [3.8, 4) is 0 Å². The minimum Gasteiger partial charge on any atom is -0.383 e. The number of aliphatic hydroxyl groups is 1. The van der Waals surface area contributed by atoms with E-state index in [-0.39, 0.29) is 19.4 Å². The summed E-state index contributed by atoms with van der Waals surface area (Å²) < 4.78 is 61.3. The number of nitrogens with one attached hydrogen (secondary N) is 1. The molecule has 0 aromatic heterocycles. The molecular formula is C19H25F3N2O4S. The molecule has 162 valence electrons. The maximum absolute atomic E-state index is 13.0. The van der Waals surface area contributed by atoms with Crippen LogP contribution in [0.15, 0.2) is 41.8 Å². The van der Waals surface area contributed by atoms with Crippen LogP contribution in [-0.4, -0.2) is 55.6 Å². The highest BCUT2D eigenvalue weighted by molar-refractivity contribution is 7.93. The third-order valence-electron chi connectivity index (χ3n) is 4.84. The van der Waals surface area contributed by atoms with Gasteiger partial charge in [0.15, 0.2) is 15.9 Å². The third kappa shape index (κ3) is 6.74. The zero-order chi connectivity index (χ0) is 21.8. The first-order chi connectivity index (χ1) is 13.4. The summed E-state index contributed by atoms with van der Waals surface area (Å²) in [6.07, 6.45) is -4.85. The molecular weight excluding hydrogens is 409 g/mol. The smallest absolute Gasteiger partial charge is 0.383 e. The zero-order valence-corrected chi connectivity index (χ0v) is 16.9. The van der Waals surface area contributed by atoms with Crippen molar-refractivity contribution in [3.63, 3.8) is 0 Å². The number of hydrogen-bond acceptors (Lipinski definition) is 4. The number of sulfone groups is 1. The van der Waals surface area contributed by atoms with Gasteiger partial charge >= 0.3 is 12.2 Å². The van der Waals surface area contributed by atoms with Crippen molar-refractivity contribution in [2.24, 2.45) is 5.92 Å². The van der Waals surface area contributed by atoms with Crippen LogP contribution in [0.4, 0.5) is 18.0 Å². The third-order valence-corrected chi connectivity index (χ3v) is 5.49. The van der Waals surface area contributed by atoms with Crippen molar-refractivity contribution in [1.29, 1.82) is 0 Å². The molecule has 1 saturated heterocycles. The van der Waals surface area contributed by atoms with Crippen LogP contribution in [0.3, 0.4) is 0 Å². The molecule has 1 unspecified atom stereocenters. The van der Waals surface area contributed by atoms with Gasteiger partial charge in [-0.25, -0.2) is 13.2 Å². The Hall–Kier alpha value is -2.07. The lowest BCUT2D eigenvalue weighted by Crippen LogP contribution is -2.50. The number of aliphatic hydroxyl groups excluding tert-OH is 1. The van der Waals surface area contributed by atoms with Crippen molar-refractivity contribution in [1.82, 2.24) is 10.2 Å². The van der Waals surface area contributed by atoms with Gasteiger partial charge in [0.05, 0.1) is 6.04 Å². The number of halogens is 3. The minimum absolute atomic E-state index is 0.00495. The Labute approximate surface area is 168 Å². The van der Waals surface area contributed by atoms with Crippen molar-refractivity contribution in [2.75, 3.05) is 12.8 Å². The van der Waals surface area contributed by atoms with Gasteiger partial charge in [-0.1, -0.05) is 36.4 Å². The number of rotatable bonds is 5. The van der Waals surface area contributed by atoms with E-state index in [4.69, 9.17) is 0 Å². The number of alkyl halides is 3. The van der Waals surface area contributed by atoms with Crippen molar-refractivity contribution in [2.45, 2.75) is 44.1 Å². The highest BCUT2D eigenvalue weighted by atomic mass is 32.2. The van der Waals surface area contributed by atoms with E-state index in [2.05, 4.69) is 5.32 Å². The molecule has 1 heterocycles. The predicted octanol–water partition coefficient (Wildman–Crippen LogP) is 3.02. The van der Waals surface area contributed by atoms with Gasteiger partial charge in [-0.05, 0) is 31.2 Å². The monoisotopic (exact) mass is 434 g/mol. The van der Waals surface area contributed by atoms with E-state index in [1.165, 1.54) is 11.0 Å². The largest absolute Gasteiger partial charge is 0.414 e. The fourth-order valence-corrected chi connectivity index (χ4v) is 3.89. The van der Waals surface area contributed by atoms with Crippen LogP contribution in [-0.2, 0) is 9.84 Å². The summed E-state index contributed by atoms with van der Waals surface area (Å²) in [7, 11) is -3.34. The molecule has 2 rings (SSSR count). The lowest BCUT2D eigenvalue weighted by atomic mass is 9.83. The van der Waals surface area contributed by atoms with Gasteiger partial charge in [-0.15, -0.1) is 0 Å². The summed E-state index contributed by atoms with van der Waals surface area (Å²) >= 11 is 0. The van der Waals surface area contributed by atoms with Gasteiger partial charge in [0.1, 0.15) is 0 Å². The number of urea groups is 1. The van der Waals surface area contributed by atoms with Crippen LogP contribution < -0.4 is 5.32 Å². The van der Waals surface area contributed by atoms with Gasteiger partial charge in [-0.3, -0.25) is 0 Å². The maximum atomic E-state index is 13.0. The highest BCUT2D eigenvalue weighted by Crippen LogP contribution is 2.39. The van der Waals surface area contributed by atoms with Crippen molar-refractivity contribution >= 4 is 15.9 Å². The molecule has 1 fully saturated rings. The molecule has 29 heavy (non-hydrogen) atoms. The van der Waals surface area contributed by atoms with Gasteiger partial charge < -0.3 is 15.3 Å². The molecule has 6 nitrogen and oxygen atoms in total. The number of carbonyl (C=O) groups excluding carboxylic acids is 1. The summed E-state index contributed by atoms with van der Waals surface area (Å²) in [5, 5.41) is 13.3. The molecule has 0 spiro atoms. The number of likely N-dealkylation sites (tertiary alicyclic amines) is 1. The van der Waals surface area contributed by atoms with E-state index in [9.17, 15) is 31.5 Å². The van der Waals surface area contributed by atoms with Gasteiger partial charge in [0.2, 0.25) is 0 Å². The first-order valence-electron chi connectivity index (χ1n) is 9.13. The molecule has 1 aliphatic heterocycles. The van der Waals surface area contributed by atoms with Gasteiger partial charge in [0, 0.05) is 24.3 Å². The Morgan fingerprint density at radius 1 is 1.31 bits per heavy atom. The van der Waals surface area contributed by atoms with Gasteiger partial charge in [0.25, 0.3) is 0 Å². The molecule has 10 heteroatoms. The Balaban J connectivity index is 2.19. The minimum atomic E-state index is -4.72. The maximum Gasteiger partial charge on any atom is 0.414 e.